The van der Waals surface area contributed by atoms with Gasteiger partial charge in [0.25, 0.3) is 0 Å². The predicted molar refractivity (Wildman–Crippen MR) is 546 cm³/mol. The van der Waals surface area contributed by atoms with Crippen LogP contribution in [0.4, 0.5) is 0 Å². The highest BCUT2D eigenvalue weighted by molar-refractivity contribution is 5.61. The lowest BCUT2D eigenvalue weighted by atomic mass is 9.94. The number of benzene rings is 6. The van der Waals surface area contributed by atoms with Gasteiger partial charge in [0.05, 0.1) is 79.3 Å². The summed E-state index contributed by atoms with van der Waals surface area (Å²) in [5.74, 6) is 10.6. The minimum Gasteiger partial charge on any atom is -0.490 e. The lowest BCUT2D eigenvalue weighted by Gasteiger charge is -2.20. The van der Waals surface area contributed by atoms with Crippen LogP contribution in [-0.2, 0) is 38.5 Å². The molecule has 732 valence electrons. The molecular formula is C120H180O12. The Morgan fingerprint density at radius 1 is 0.0833 bits per heavy atom. The van der Waals surface area contributed by atoms with Crippen LogP contribution in [0.2, 0.25) is 0 Å². The van der Waals surface area contributed by atoms with E-state index in [0.717, 1.165) is 223 Å². The summed E-state index contributed by atoms with van der Waals surface area (Å²) in [7, 11) is 0. The van der Waals surface area contributed by atoms with E-state index in [2.05, 4.69) is 72.8 Å². The van der Waals surface area contributed by atoms with Gasteiger partial charge in [0.1, 0.15) is 0 Å². The average Bonchev–Trinajstić information content (AvgIpc) is 1.58. The summed E-state index contributed by atoms with van der Waals surface area (Å²) in [5.41, 5.74) is 15.5. The van der Waals surface area contributed by atoms with E-state index < -0.39 is 0 Å². The molecule has 0 amide bonds. The van der Waals surface area contributed by atoms with Gasteiger partial charge in [-0.3, -0.25) is 0 Å². The summed E-state index contributed by atoms with van der Waals surface area (Å²) in [6.45, 7) is 8.07. The molecule has 5 aliphatic rings. The van der Waals surface area contributed by atoms with Crippen molar-refractivity contribution in [3.8, 4) is 69.0 Å². The monoisotopic (exact) mass is 1810 g/mol. The van der Waals surface area contributed by atoms with E-state index in [-0.39, 0.29) is 0 Å². The molecule has 2 aliphatic carbocycles. The average molecular weight is 1810 g/mol. The first kappa shape index (κ1) is 102. The van der Waals surface area contributed by atoms with Gasteiger partial charge in [0, 0.05) is 0 Å². The Kier molecular flexibility index (Phi) is 48.5. The van der Waals surface area contributed by atoms with Gasteiger partial charge in [-0.15, -0.1) is 0 Å². The highest BCUT2D eigenvalue weighted by Gasteiger charge is 2.28. The summed E-state index contributed by atoms with van der Waals surface area (Å²) >= 11 is 0. The number of rotatable bonds is 0. The Morgan fingerprint density at radius 2 is 0.144 bits per heavy atom. The zero-order chi connectivity index (χ0) is 90.2. The molecule has 0 unspecified atom stereocenters. The van der Waals surface area contributed by atoms with E-state index in [0.29, 0.717) is 79.3 Å². The van der Waals surface area contributed by atoms with Crippen molar-refractivity contribution in [3.63, 3.8) is 0 Å². The molecule has 0 radical (unpaired) electrons. The van der Waals surface area contributed by atoms with Gasteiger partial charge < -0.3 is 56.8 Å². The Hall–Kier alpha value is -7.08. The zero-order valence-corrected chi connectivity index (χ0v) is 83.2. The molecule has 0 fully saturated rings. The second-order valence-electron chi connectivity index (χ2n) is 41.0. The first-order valence-electron chi connectivity index (χ1n) is 56.1. The Bertz CT molecular complexity index is 3460. The van der Waals surface area contributed by atoms with Crippen LogP contribution in [0.15, 0.2) is 72.8 Å². The standard InChI is InChI=1S/C120H180O12/c1-2-8-20-32-44-56-68-122-110-86-98-80-106-94-118-114-90-102(106)84-108-96-120-113-89-101(108)82-105(98)92-116(110)128-74-62-50-38-26-14-13-25-37-49-61-73-127-115-91-103-81-99-87-111(123-69-57-45-33-21-9-3-5-11-23-35-47-59-71-125-113)119(131-77-65-53-41-29-17-18-30-42-54-66-78-132-120)95-107(99)83-100-88-112(124-70-58-46-34-22-10-4-6-12-24-36-48-60-72-126-114)117(129-75-63-51-39-27-15-16-28-40-52-64-76-130-118)93-104(100)79-97(103)85-109(115)121-67-55-43-31-19-7-1/h85-96H,1-84H2. The molecule has 0 N–H and O–H groups in total. The van der Waals surface area contributed by atoms with E-state index in [1.54, 1.807) is 0 Å². The Labute approximate surface area is 802 Å². The maximum Gasteiger partial charge on any atom is 0.161 e. The minimum atomic E-state index is 0.667. The maximum absolute atomic E-state index is 7.12. The van der Waals surface area contributed by atoms with Crippen molar-refractivity contribution in [2.45, 2.75) is 462 Å². The van der Waals surface area contributed by atoms with Gasteiger partial charge in [0.15, 0.2) is 69.0 Å². The van der Waals surface area contributed by atoms with Crippen molar-refractivity contribution in [3.05, 3.63) is 140 Å². The molecule has 6 aromatic rings. The molecule has 0 saturated carbocycles. The van der Waals surface area contributed by atoms with Crippen LogP contribution < -0.4 is 56.8 Å². The SMILES string of the molecule is c1c2c3cc4c1OCCCCCCCCCCCCCCOc1cc5c(cc1OCCCCCCCCCCCCO4)Cc1cc4c6cc1Cc1cc7c(cc1C5)OCCCCCCCCCCCCOc1cc(c(cc1OCCCCCCCCCCCCCCO7)Cc1cc(c(cc1C3)OCCCCCCCCCCCCCCO4)OCCCCCCCCCCCCO6)C2. The van der Waals surface area contributed by atoms with Gasteiger partial charge in [-0.1, -0.05) is 347 Å². The molecule has 3 heterocycles. The molecule has 6 aromatic carbocycles. The lowest BCUT2D eigenvalue weighted by Crippen LogP contribution is -2.07. The van der Waals surface area contributed by atoms with Crippen molar-refractivity contribution in [2.24, 2.45) is 0 Å². The molecule has 0 bridgehead atoms. The fraction of sp³-hybridized carbons (Fsp3) is 0.700. The minimum absolute atomic E-state index is 0.667. The lowest BCUT2D eigenvalue weighted by molar-refractivity contribution is 0.257. The molecule has 3 aliphatic heterocycles. The van der Waals surface area contributed by atoms with Gasteiger partial charge in [-0.2, -0.15) is 0 Å². The van der Waals surface area contributed by atoms with Crippen LogP contribution >= 0.6 is 0 Å². The van der Waals surface area contributed by atoms with Crippen molar-refractivity contribution in [1.82, 2.24) is 0 Å². The van der Waals surface area contributed by atoms with Crippen LogP contribution in [0.3, 0.4) is 0 Å². The molecule has 0 saturated heterocycles. The van der Waals surface area contributed by atoms with E-state index in [1.165, 1.54) is 375 Å². The van der Waals surface area contributed by atoms with Gasteiger partial charge in [0.2, 0.25) is 0 Å². The number of fused-ring (bicyclic) bond motifs is 12. The van der Waals surface area contributed by atoms with Crippen molar-refractivity contribution in [1.29, 1.82) is 0 Å². The van der Waals surface area contributed by atoms with Gasteiger partial charge in [-0.05, 0) is 255 Å². The van der Waals surface area contributed by atoms with Crippen molar-refractivity contribution < 1.29 is 56.8 Å². The normalized spacial score (nSPS) is 20.7. The van der Waals surface area contributed by atoms with Crippen molar-refractivity contribution >= 4 is 0 Å². The highest BCUT2D eigenvalue weighted by atomic mass is 16.5. The Balaban J connectivity index is 0.912. The summed E-state index contributed by atoms with van der Waals surface area (Å²) < 4.78 is 85.4. The molecule has 0 spiro atoms. The largest absolute Gasteiger partial charge is 0.490 e. The van der Waals surface area contributed by atoms with Crippen LogP contribution in [0.5, 0.6) is 69.0 Å². The van der Waals surface area contributed by atoms with E-state index in [9.17, 15) is 0 Å². The van der Waals surface area contributed by atoms with Crippen LogP contribution in [-0.4, -0.2) is 79.3 Å². The van der Waals surface area contributed by atoms with Crippen molar-refractivity contribution in [2.75, 3.05) is 79.3 Å². The van der Waals surface area contributed by atoms with Gasteiger partial charge >= 0.3 is 0 Å². The molecule has 0 aromatic heterocycles. The fourth-order valence-electron chi connectivity index (χ4n) is 21.4. The van der Waals surface area contributed by atoms with Crippen LogP contribution in [0.1, 0.15) is 491 Å². The predicted octanol–water partition coefficient (Wildman–Crippen LogP) is 33.9. The highest BCUT2D eigenvalue weighted by Crippen LogP contribution is 2.46. The second kappa shape index (κ2) is 62.6. The third-order valence-electron chi connectivity index (χ3n) is 29.7. The smallest absolute Gasteiger partial charge is 0.161 e. The summed E-state index contributed by atoms with van der Waals surface area (Å²) in [5, 5.41) is 0. The Morgan fingerprint density at radius 3 is 0.212 bits per heavy atom. The number of ether oxygens (including phenoxy) is 12. The molecule has 132 heavy (non-hydrogen) atoms. The quantitative estimate of drug-likeness (QED) is 0.144. The molecule has 11 rings (SSSR count). The third kappa shape index (κ3) is 37.4. The van der Waals surface area contributed by atoms with Gasteiger partial charge in [-0.25, -0.2) is 0 Å². The summed E-state index contributed by atoms with van der Waals surface area (Å²) in [6, 6.07) is 28.8. The summed E-state index contributed by atoms with van der Waals surface area (Å²) in [4.78, 5) is 0. The van der Waals surface area contributed by atoms with Crippen LogP contribution in [0, 0.1) is 0 Å². The van der Waals surface area contributed by atoms with E-state index >= 15 is 0 Å². The van der Waals surface area contributed by atoms with Crippen LogP contribution in [0.25, 0.3) is 0 Å². The number of hydrogen-bond donors (Lipinski definition) is 0. The second-order valence-corrected chi connectivity index (χ2v) is 41.0. The molecule has 12 heteroatoms. The summed E-state index contributed by atoms with van der Waals surface area (Å²) in [6.07, 6.45) is 83.7. The molecular weight excluding hydrogens is 1630 g/mol. The molecule has 12 nitrogen and oxygen atoms in total. The first-order valence-corrected chi connectivity index (χ1v) is 56.1. The number of hydrogen-bond acceptors (Lipinski definition) is 12. The fourth-order valence-corrected chi connectivity index (χ4v) is 21.4. The zero-order valence-electron chi connectivity index (χ0n) is 83.2. The van der Waals surface area contributed by atoms with E-state index in [4.69, 9.17) is 56.8 Å². The molecule has 0 atom stereocenters. The maximum atomic E-state index is 7.12. The first-order chi connectivity index (χ1) is 65.6. The third-order valence-corrected chi connectivity index (χ3v) is 29.7. The van der Waals surface area contributed by atoms with E-state index in [1.807, 2.05) is 0 Å². The topological polar surface area (TPSA) is 111 Å².